The number of likely N-dealkylation sites (N-methyl/N-ethyl adjacent to an activating group) is 1. The summed E-state index contributed by atoms with van der Waals surface area (Å²) in [5.41, 5.74) is 0.0611. The van der Waals surface area contributed by atoms with E-state index in [1.807, 2.05) is 19.0 Å². The van der Waals surface area contributed by atoms with Crippen LogP contribution in [0.1, 0.15) is 27.1 Å². The molecular weight excluding hydrogens is 294 g/mol. The van der Waals surface area contributed by atoms with Gasteiger partial charge in [0, 0.05) is 20.0 Å². The second-order valence-corrected chi connectivity index (χ2v) is 5.59. The van der Waals surface area contributed by atoms with Crippen LogP contribution in [0.2, 0.25) is 0 Å². The first-order valence-corrected chi connectivity index (χ1v) is 7.33. The number of nitrogens with one attached hydrogen (secondary N) is 1. The minimum atomic E-state index is -0.605. The van der Waals surface area contributed by atoms with Crippen LogP contribution in [0, 0.1) is 0 Å². The molecule has 0 saturated heterocycles. The van der Waals surface area contributed by atoms with Gasteiger partial charge in [0.05, 0.1) is 20.3 Å². The smallest absolute Gasteiger partial charge is 0.358 e. The SMILES string of the molecule is COC(=O)c1nc(NCCOCCN(C)C)sc1C(C)=O. The zero-order valence-corrected chi connectivity index (χ0v) is 13.6. The Kier molecular flexibility index (Phi) is 7.27. The lowest BCUT2D eigenvalue weighted by molar-refractivity contribution is 0.0591. The fourth-order valence-electron chi connectivity index (χ4n) is 1.45. The average Bonchev–Trinajstić information content (AvgIpc) is 2.86. The van der Waals surface area contributed by atoms with Crippen LogP contribution in [0.15, 0.2) is 0 Å². The summed E-state index contributed by atoms with van der Waals surface area (Å²) in [5.74, 6) is -0.810. The molecule has 21 heavy (non-hydrogen) atoms. The molecule has 1 N–H and O–H groups in total. The number of carbonyl (C=O) groups excluding carboxylic acids is 2. The van der Waals surface area contributed by atoms with Crippen molar-refractivity contribution in [3.63, 3.8) is 0 Å². The molecule has 0 aliphatic rings. The summed E-state index contributed by atoms with van der Waals surface area (Å²) in [7, 11) is 5.22. The van der Waals surface area contributed by atoms with Crippen LogP contribution in [0.4, 0.5) is 5.13 Å². The maximum Gasteiger partial charge on any atom is 0.358 e. The van der Waals surface area contributed by atoms with E-state index in [9.17, 15) is 9.59 Å². The summed E-state index contributed by atoms with van der Waals surface area (Å²) in [6.45, 7) is 3.99. The average molecular weight is 315 g/mol. The molecule has 0 spiro atoms. The molecular formula is C13H21N3O4S. The van der Waals surface area contributed by atoms with Crippen molar-refractivity contribution in [1.82, 2.24) is 9.88 Å². The van der Waals surface area contributed by atoms with E-state index < -0.39 is 5.97 Å². The molecule has 1 aromatic heterocycles. The number of Topliss-reactive ketones (excluding diaryl/α,β-unsaturated/α-hetero) is 1. The van der Waals surface area contributed by atoms with Crippen LogP contribution in [-0.2, 0) is 9.47 Å². The standard InChI is InChI=1S/C13H21N3O4S/c1-9(17)11-10(12(18)19-4)15-13(21-11)14-5-7-20-8-6-16(2)3/h5-8H2,1-4H3,(H,14,15). The maximum atomic E-state index is 11.5. The van der Waals surface area contributed by atoms with Crippen molar-refractivity contribution in [1.29, 1.82) is 0 Å². The lowest BCUT2D eigenvalue weighted by Gasteiger charge is -2.09. The Bertz CT molecular complexity index is 488. The van der Waals surface area contributed by atoms with E-state index in [1.165, 1.54) is 14.0 Å². The lowest BCUT2D eigenvalue weighted by Crippen LogP contribution is -2.20. The first-order chi connectivity index (χ1) is 9.95. The number of rotatable bonds is 9. The van der Waals surface area contributed by atoms with Crippen molar-refractivity contribution in [2.24, 2.45) is 0 Å². The molecule has 1 rings (SSSR count). The second kappa shape index (κ2) is 8.71. The number of methoxy groups -OCH3 is 1. The highest BCUT2D eigenvalue weighted by molar-refractivity contribution is 7.17. The molecule has 0 aromatic carbocycles. The number of ether oxygens (including phenoxy) is 2. The van der Waals surface area contributed by atoms with Gasteiger partial charge in [-0.15, -0.1) is 0 Å². The molecule has 0 radical (unpaired) electrons. The number of nitrogens with zero attached hydrogens (tertiary/aromatic N) is 2. The molecule has 1 heterocycles. The quantitative estimate of drug-likeness (QED) is 0.415. The van der Waals surface area contributed by atoms with Gasteiger partial charge in [-0.2, -0.15) is 0 Å². The molecule has 8 heteroatoms. The summed E-state index contributed by atoms with van der Waals surface area (Å²) in [4.78, 5) is 29.5. The highest BCUT2D eigenvalue weighted by Gasteiger charge is 2.21. The number of hydrogen-bond acceptors (Lipinski definition) is 8. The molecule has 0 amide bonds. The predicted octanol–water partition coefficient (Wildman–Crippen LogP) is 1.12. The van der Waals surface area contributed by atoms with Gasteiger partial charge >= 0.3 is 5.97 Å². The van der Waals surface area contributed by atoms with Gasteiger partial charge in [-0.3, -0.25) is 4.79 Å². The third-order valence-electron chi connectivity index (χ3n) is 2.53. The Hall–Kier alpha value is -1.51. The first-order valence-electron chi connectivity index (χ1n) is 6.52. The van der Waals surface area contributed by atoms with Gasteiger partial charge in [0.15, 0.2) is 16.6 Å². The Labute approximate surface area is 128 Å². The maximum absolute atomic E-state index is 11.5. The van der Waals surface area contributed by atoms with Crippen LogP contribution < -0.4 is 5.32 Å². The van der Waals surface area contributed by atoms with E-state index in [2.05, 4.69) is 15.0 Å². The zero-order chi connectivity index (χ0) is 15.8. The van der Waals surface area contributed by atoms with Crippen molar-refractivity contribution in [3.05, 3.63) is 10.6 Å². The molecule has 1 aromatic rings. The summed E-state index contributed by atoms with van der Waals surface area (Å²) < 4.78 is 10.0. The van der Waals surface area contributed by atoms with Gasteiger partial charge in [0.25, 0.3) is 0 Å². The number of thiazole rings is 1. The third kappa shape index (κ3) is 5.78. The fraction of sp³-hybridized carbons (Fsp3) is 0.615. The highest BCUT2D eigenvalue weighted by Crippen LogP contribution is 2.24. The lowest BCUT2D eigenvalue weighted by atomic mass is 10.3. The number of aromatic nitrogens is 1. The van der Waals surface area contributed by atoms with Crippen LogP contribution in [-0.4, -0.2) is 69.1 Å². The molecule has 0 aliphatic carbocycles. The largest absolute Gasteiger partial charge is 0.464 e. The molecule has 0 unspecified atom stereocenters. The topological polar surface area (TPSA) is 80.8 Å². The van der Waals surface area contributed by atoms with Crippen molar-refractivity contribution in [3.8, 4) is 0 Å². The summed E-state index contributed by atoms with van der Waals surface area (Å²) in [6.07, 6.45) is 0. The minimum absolute atomic E-state index is 0.0611. The fourth-order valence-corrected chi connectivity index (χ4v) is 2.32. The van der Waals surface area contributed by atoms with Gasteiger partial charge < -0.3 is 19.7 Å². The Morgan fingerprint density at radius 2 is 2.05 bits per heavy atom. The Morgan fingerprint density at radius 3 is 2.62 bits per heavy atom. The number of ketones is 1. The van der Waals surface area contributed by atoms with Gasteiger partial charge in [-0.25, -0.2) is 9.78 Å². The van der Waals surface area contributed by atoms with E-state index >= 15 is 0 Å². The minimum Gasteiger partial charge on any atom is -0.464 e. The van der Waals surface area contributed by atoms with E-state index in [0.29, 0.717) is 29.8 Å². The van der Waals surface area contributed by atoms with Crippen molar-refractivity contribution >= 4 is 28.2 Å². The summed E-state index contributed by atoms with van der Waals surface area (Å²) in [5, 5.41) is 3.55. The normalized spacial score (nSPS) is 10.7. The summed E-state index contributed by atoms with van der Waals surface area (Å²) in [6, 6.07) is 0. The monoisotopic (exact) mass is 315 g/mol. The number of anilines is 1. The van der Waals surface area contributed by atoms with E-state index in [-0.39, 0.29) is 11.5 Å². The van der Waals surface area contributed by atoms with Crippen LogP contribution in [0.25, 0.3) is 0 Å². The molecule has 7 nitrogen and oxygen atoms in total. The van der Waals surface area contributed by atoms with Crippen molar-refractivity contribution < 1.29 is 19.1 Å². The molecule has 0 fully saturated rings. The van der Waals surface area contributed by atoms with E-state index in [4.69, 9.17) is 4.74 Å². The van der Waals surface area contributed by atoms with Gasteiger partial charge in [-0.1, -0.05) is 11.3 Å². The highest BCUT2D eigenvalue weighted by atomic mass is 32.1. The van der Waals surface area contributed by atoms with Crippen molar-refractivity contribution in [2.75, 3.05) is 52.8 Å². The third-order valence-corrected chi connectivity index (χ3v) is 3.65. The Balaban J connectivity index is 2.49. The summed E-state index contributed by atoms with van der Waals surface area (Å²) >= 11 is 1.14. The van der Waals surface area contributed by atoms with Gasteiger partial charge in [0.1, 0.15) is 4.88 Å². The molecule has 0 saturated carbocycles. The van der Waals surface area contributed by atoms with E-state index in [1.54, 1.807) is 0 Å². The Morgan fingerprint density at radius 1 is 1.33 bits per heavy atom. The molecule has 118 valence electrons. The second-order valence-electron chi connectivity index (χ2n) is 4.59. The van der Waals surface area contributed by atoms with Crippen LogP contribution >= 0.6 is 11.3 Å². The molecule has 0 aliphatic heterocycles. The number of carbonyl (C=O) groups is 2. The first kappa shape index (κ1) is 17.5. The zero-order valence-electron chi connectivity index (χ0n) is 12.8. The van der Waals surface area contributed by atoms with E-state index in [0.717, 1.165) is 17.9 Å². The molecule has 0 atom stereocenters. The molecule has 0 bridgehead atoms. The van der Waals surface area contributed by atoms with Gasteiger partial charge in [0.2, 0.25) is 0 Å². The van der Waals surface area contributed by atoms with Gasteiger partial charge in [-0.05, 0) is 14.1 Å². The van der Waals surface area contributed by atoms with Crippen molar-refractivity contribution in [2.45, 2.75) is 6.92 Å². The van der Waals surface area contributed by atoms with Crippen LogP contribution in [0.5, 0.6) is 0 Å². The number of hydrogen-bond donors (Lipinski definition) is 1. The van der Waals surface area contributed by atoms with Crippen LogP contribution in [0.3, 0.4) is 0 Å². The number of esters is 1. The predicted molar refractivity (Wildman–Crippen MR) is 81.3 cm³/mol.